The summed E-state index contributed by atoms with van der Waals surface area (Å²) in [4.78, 5) is 4.10. The molecule has 0 saturated carbocycles. The molecule has 15 heavy (non-hydrogen) atoms. The Hall–Kier alpha value is -1.19. The van der Waals surface area contributed by atoms with E-state index in [1.807, 2.05) is 17.5 Å². The van der Waals surface area contributed by atoms with Crippen LogP contribution in [0.4, 0.5) is 0 Å². The highest BCUT2D eigenvalue weighted by Gasteiger charge is 2.10. The monoisotopic (exact) mass is 219 g/mol. The predicted octanol–water partition coefficient (Wildman–Crippen LogP) is 2.73. The van der Waals surface area contributed by atoms with Crippen LogP contribution >= 0.6 is 11.3 Å². The van der Waals surface area contributed by atoms with Gasteiger partial charge < -0.3 is 5.11 Å². The van der Waals surface area contributed by atoms with Gasteiger partial charge in [0, 0.05) is 11.8 Å². The third-order valence-corrected chi connectivity index (χ3v) is 2.91. The lowest BCUT2D eigenvalue weighted by Gasteiger charge is -2.08. The van der Waals surface area contributed by atoms with Gasteiger partial charge in [-0.15, -0.1) is 11.3 Å². The first-order chi connectivity index (χ1) is 7.25. The number of benzene rings is 1. The summed E-state index contributed by atoms with van der Waals surface area (Å²) in [5.41, 5.74) is 4.88. The van der Waals surface area contributed by atoms with Gasteiger partial charge in [0.25, 0.3) is 0 Å². The van der Waals surface area contributed by atoms with Gasteiger partial charge in [0.2, 0.25) is 0 Å². The van der Waals surface area contributed by atoms with Gasteiger partial charge in [-0.3, -0.25) is 0 Å². The quantitative estimate of drug-likeness (QED) is 0.861. The number of nitrogens with zero attached hydrogens (tertiary/aromatic N) is 1. The molecule has 1 atom stereocenters. The topological polar surface area (TPSA) is 33.1 Å². The van der Waals surface area contributed by atoms with E-state index in [1.165, 1.54) is 16.9 Å². The number of aliphatic hydroxyl groups excluding tert-OH is 1. The second-order valence-electron chi connectivity index (χ2n) is 3.62. The van der Waals surface area contributed by atoms with Crippen molar-refractivity contribution in [2.24, 2.45) is 0 Å². The van der Waals surface area contributed by atoms with Crippen molar-refractivity contribution in [1.82, 2.24) is 4.98 Å². The van der Waals surface area contributed by atoms with Crippen LogP contribution in [0.5, 0.6) is 0 Å². The van der Waals surface area contributed by atoms with E-state index in [2.05, 4.69) is 24.0 Å². The Labute approximate surface area is 93.2 Å². The minimum Gasteiger partial charge on any atom is -0.386 e. The normalized spacial score (nSPS) is 12.7. The lowest BCUT2D eigenvalue weighted by molar-refractivity contribution is 0.174. The maximum absolute atomic E-state index is 9.90. The lowest BCUT2D eigenvalue weighted by atomic mass is 10.0. The van der Waals surface area contributed by atoms with Crippen LogP contribution in [0.2, 0.25) is 0 Å². The molecule has 2 aromatic rings. The molecule has 0 aliphatic heterocycles. The second-order valence-corrected chi connectivity index (χ2v) is 4.34. The molecular formula is C12H13NOS. The Morgan fingerprint density at radius 3 is 3.00 bits per heavy atom. The van der Waals surface area contributed by atoms with Gasteiger partial charge in [-0.2, -0.15) is 0 Å². The average Bonchev–Trinajstić information content (AvgIpc) is 2.70. The molecule has 0 amide bonds. The Morgan fingerprint density at radius 1 is 1.47 bits per heavy atom. The fourth-order valence-corrected chi connectivity index (χ4v) is 2.15. The summed E-state index contributed by atoms with van der Waals surface area (Å²) < 4.78 is 0. The first-order valence-corrected chi connectivity index (χ1v) is 5.81. The number of aliphatic hydroxyl groups is 1. The molecule has 1 unspecified atom stereocenters. The molecule has 0 aliphatic rings. The van der Waals surface area contributed by atoms with Crippen LogP contribution in [0.3, 0.4) is 0 Å². The highest BCUT2D eigenvalue weighted by atomic mass is 32.1. The number of thiazole rings is 1. The van der Waals surface area contributed by atoms with Crippen LogP contribution in [0.15, 0.2) is 35.2 Å². The van der Waals surface area contributed by atoms with Gasteiger partial charge in [0.05, 0.1) is 11.2 Å². The van der Waals surface area contributed by atoms with E-state index in [0.717, 1.165) is 11.3 Å². The van der Waals surface area contributed by atoms with Gasteiger partial charge in [-0.05, 0) is 12.5 Å². The van der Waals surface area contributed by atoms with E-state index in [9.17, 15) is 5.11 Å². The molecule has 1 aromatic carbocycles. The third-order valence-electron chi connectivity index (χ3n) is 2.30. The zero-order valence-electron chi connectivity index (χ0n) is 8.55. The van der Waals surface area contributed by atoms with Gasteiger partial charge in [-0.1, -0.05) is 29.8 Å². The number of aromatic nitrogens is 1. The minimum atomic E-state index is -0.488. The largest absolute Gasteiger partial charge is 0.386 e. The molecule has 0 fully saturated rings. The summed E-state index contributed by atoms with van der Waals surface area (Å²) >= 11 is 1.51. The van der Waals surface area contributed by atoms with E-state index in [0.29, 0.717) is 6.42 Å². The first-order valence-electron chi connectivity index (χ1n) is 4.87. The van der Waals surface area contributed by atoms with Crippen molar-refractivity contribution in [3.63, 3.8) is 0 Å². The van der Waals surface area contributed by atoms with E-state index < -0.39 is 6.10 Å². The van der Waals surface area contributed by atoms with Crippen LogP contribution in [-0.4, -0.2) is 10.1 Å². The van der Waals surface area contributed by atoms with Gasteiger partial charge >= 0.3 is 0 Å². The Balaban J connectivity index is 2.09. The molecule has 0 spiro atoms. The Morgan fingerprint density at radius 2 is 2.33 bits per heavy atom. The van der Waals surface area contributed by atoms with Crippen LogP contribution in [0.1, 0.15) is 22.9 Å². The molecule has 2 rings (SSSR count). The molecular weight excluding hydrogens is 206 g/mol. The predicted molar refractivity (Wildman–Crippen MR) is 62.0 cm³/mol. The van der Waals surface area contributed by atoms with E-state index in [1.54, 1.807) is 5.51 Å². The third kappa shape index (κ3) is 2.64. The van der Waals surface area contributed by atoms with E-state index in [4.69, 9.17) is 0 Å². The highest BCUT2D eigenvalue weighted by Crippen LogP contribution is 2.18. The lowest BCUT2D eigenvalue weighted by Crippen LogP contribution is -2.01. The fraction of sp³-hybridized carbons (Fsp3) is 0.250. The molecule has 2 nitrogen and oxygen atoms in total. The van der Waals surface area contributed by atoms with Crippen molar-refractivity contribution in [3.05, 3.63) is 52.0 Å². The van der Waals surface area contributed by atoms with Gasteiger partial charge in [0.15, 0.2) is 0 Å². The summed E-state index contributed by atoms with van der Waals surface area (Å²) in [5.74, 6) is 0. The summed E-state index contributed by atoms with van der Waals surface area (Å²) in [6.45, 7) is 2.05. The second kappa shape index (κ2) is 4.55. The van der Waals surface area contributed by atoms with Crippen LogP contribution in [-0.2, 0) is 6.42 Å². The zero-order chi connectivity index (χ0) is 10.7. The number of hydrogen-bond donors (Lipinski definition) is 1. The van der Waals surface area contributed by atoms with E-state index in [-0.39, 0.29) is 0 Å². The van der Waals surface area contributed by atoms with Gasteiger partial charge in [0.1, 0.15) is 6.10 Å². The van der Waals surface area contributed by atoms with Crippen molar-refractivity contribution in [3.8, 4) is 0 Å². The molecule has 78 valence electrons. The van der Waals surface area contributed by atoms with Crippen molar-refractivity contribution in [1.29, 1.82) is 0 Å². The summed E-state index contributed by atoms with van der Waals surface area (Å²) in [5, 5.41) is 11.8. The molecule has 0 saturated heterocycles. The standard InChI is InChI=1S/C12H13NOS/c1-9-3-2-4-10(5-9)6-12(14)11-7-15-8-13-11/h2-5,7-8,12,14H,6H2,1H3. The molecule has 1 N–H and O–H groups in total. The van der Waals surface area contributed by atoms with Crippen LogP contribution < -0.4 is 0 Å². The summed E-state index contributed by atoms with van der Waals surface area (Å²) in [6, 6.07) is 8.19. The average molecular weight is 219 g/mol. The molecule has 3 heteroatoms. The van der Waals surface area contributed by atoms with E-state index >= 15 is 0 Å². The van der Waals surface area contributed by atoms with Crippen LogP contribution in [0.25, 0.3) is 0 Å². The highest BCUT2D eigenvalue weighted by molar-refractivity contribution is 7.07. The van der Waals surface area contributed by atoms with Crippen molar-refractivity contribution < 1.29 is 5.11 Å². The van der Waals surface area contributed by atoms with Crippen LogP contribution in [0, 0.1) is 6.92 Å². The Kier molecular flexibility index (Phi) is 3.14. The van der Waals surface area contributed by atoms with Crippen molar-refractivity contribution in [2.75, 3.05) is 0 Å². The van der Waals surface area contributed by atoms with Crippen molar-refractivity contribution >= 4 is 11.3 Å². The minimum absolute atomic E-state index is 0.488. The zero-order valence-corrected chi connectivity index (χ0v) is 9.37. The van der Waals surface area contributed by atoms with Crippen molar-refractivity contribution in [2.45, 2.75) is 19.4 Å². The molecule has 0 radical (unpaired) electrons. The number of aryl methyl sites for hydroxylation is 1. The molecule has 0 bridgehead atoms. The maximum Gasteiger partial charge on any atom is 0.101 e. The maximum atomic E-state index is 9.90. The molecule has 0 aliphatic carbocycles. The molecule has 1 aromatic heterocycles. The molecule has 1 heterocycles. The smallest absolute Gasteiger partial charge is 0.101 e. The number of hydrogen-bond acceptors (Lipinski definition) is 3. The number of rotatable bonds is 3. The first kappa shape index (κ1) is 10.3. The summed E-state index contributed by atoms with van der Waals surface area (Å²) in [7, 11) is 0. The Bertz CT molecular complexity index is 425. The SMILES string of the molecule is Cc1cccc(CC(O)c2cscn2)c1. The summed E-state index contributed by atoms with van der Waals surface area (Å²) in [6.07, 6.45) is 0.142. The van der Waals surface area contributed by atoms with Gasteiger partial charge in [-0.25, -0.2) is 4.98 Å². The fourth-order valence-electron chi connectivity index (χ4n) is 1.55.